The third-order valence-electron chi connectivity index (χ3n) is 4.18. The molecular formula is C17H14N2O3. The zero-order valence-corrected chi connectivity index (χ0v) is 12.3. The molecule has 2 aliphatic carbocycles. The zero-order chi connectivity index (χ0) is 15.3. The van der Waals surface area contributed by atoms with E-state index in [0.29, 0.717) is 17.4 Å². The summed E-state index contributed by atoms with van der Waals surface area (Å²) in [5.41, 5.74) is 1.87. The van der Waals surface area contributed by atoms with Gasteiger partial charge in [0.25, 0.3) is 5.56 Å². The fraction of sp³-hybridized carbons (Fsp3) is 0.176. The molecule has 110 valence electrons. The number of fused-ring (bicyclic) bond motifs is 4. The van der Waals surface area contributed by atoms with E-state index >= 15 is 0 Å². The van der Waals surface area contributed by atoms with E-state index in [-0.39, 0.29) is 5.56 Å². The number of allylic oxidation sites excluding steroid dienone is 2. The van der Waals surface area contributed by atoms with Crippen LogP contribution in [0.1, 0.15) is 11.1 Å². The molecule has 0 aromatic carbocycles. The second-order valence-electron chi connectivity index (χ2n) is 5.26. The van der Waals surface area contributed by atoms with Gasteiger partial charge in [-0.15, -0.1) is 0 Å². The molecule has 0 spiro atoms. The van der Waals surface area contributed by atoms with Gasteiger partial charge in [-0.3, -0.25) is 9.78 Å². The van der Waals surface area contributed by atoms with Crippen LogP contribution in [0.15, 0.2) is 34.8 Å². The number of hydrogen-bond donors (Lipinski definition) is 1. The van der Waals surface area contributed by atoms with Crippen molar-refractivity contribution in [2.45, 2.75) is 6.42 Å². The summed E-state index contributed by atoms with van der Waals surface area (Å²) in [6.45, 7) is 0. The average molecular weight is 294 g/mol. The Morgan fingerprint density at radius 3 is 2.86 bits per heavy atom. The molecule has 2 aliphatic rings. The van der Waals surface area contributed by atoms with Gasteiger partial charge in [-0.25, -0.2) is 0 Å². The molecule has 0 saturated carbocycles. The number of nitrogens with one attached hydrogen (secondary N) is 1. The lowest BCUT2D eigenvalue weighted by molar-refractivity contribution is 0.227. The highest BCUT2D eigenvalue weighted by atomic mass is 16.5. The van der Waals surface area contributed by atoms with Crippen LogP contribution in [0.2, 0.25) is 0 Å². The Morgan fingerprint density at radius 2 is 2.09 bits per heavy atom. The summed E-state index contributed by atoms with van der Waals surface area (Å²) in [5.74, 6) is 1.32. The standard InChI is InChI=1S/C17H14N2O3/c1-21-14-6-10-11-5-9-3-4-18-8-13(9)16(11)19-17(20)12(10)7-15(14)22-2/h3-5,7-8H,6H2,1-2H3,(H,19,20). The van der Waals surface area contributed by atoms with Crippen molar-refractivity contribution in [2.75, 3.05) is 14.2 Å². The first kappa shape index (κ1) is 12.9. The van der Waals surface area contributed by atoms with Gasteiger partial charge in [0.1, 0.15) is 5.76 Å². The van der Waals surface area contributed by atoms with E-state index < -0.39 is 0 Å². The first-order valence-electron chi connectivity index (χ1n) is 6.97. The molecule has 4 rings (SSSR count). The SMILES string of the molecule is COC1=C(OC)Cc2c3c([nH]c(=O)c2=C1)=c1cnccc1=C3. The van der Waals surface area contributed by atoms with E-state index in [1.165, 1.54) is 0 Å². The van der Waals surface area contributed by atoms with E-state index in [9.17, 15) is 4.79 Å². The van der Waals surface area contributed by atoms with Crippen LogP contribution >= 0.6 is 0 Å². The molecule has 0 aliphatic heterocycles. The quantitative estimate of drug-likeness (QED) is 0.725. The van der Waals surface area contributed by atoms with Crippen molar-refractivity contribution < 1.29 is 9.47 Å². The normalized spacial score (nSPS) is 14.5. The molecule has 5 heteroatoms. The van der Waals surface area contributed by atoms with Gasteiger partial charge in [0, 0.05) is 34.8 Å². The molecular weight excluding hydrogens is 280 g/mol. The largest absolute Gasteiger partial charge is 0.497 e. The van der Waals surface area contributed by atoms with Crippen LogP contribution in [0.4, 0.5) is 0 Å². The van der Waals surface area contributed by atoms with E-state index in [0.717, 1.165) is 32.7 Å². The number of nitrogens with zero attached hydrogens (tertiary/aromatic N) is 1. The lowest BCUT2D eigenvalue weighted by Gasteiger charge is -2.17. The smallest absolute Gasteiger partial charge is 0.256 e. The lowest BCUT2D eigenvalue weighted by Crippen LogP contribution is -2.35. The van der Waals surface area contributed by atoms with Gasteiger partial charge in [0.05, 0.1) is 19.6 Å². The van der Waals surface area contributed by atoms with Crippen molar-refractivity contribution in [3.63, 3.8) is 0 Å². The Morgan fingerprint density at radius 1 is 1.23 bits per heavy atom. The lowest BCUT2D eigenvalue weighted by atomic mass is 9.98. The van der Waals surface area contributed by atoms with Crippen molar-refractivity contribution in [3.05, 3.63) is 72.5 Å². The number of methoxy groups -OCH3 is 2. The molecule has 0 amide bonds. The summed E-state index contributed by atoms with van der Waals surface area (Å²) in [6, 6.07) is 1.94. The molecule has 0 unspecified atom stereocenters. The molecule has 22 heavy (non-hydrogen) atoms. The molecule has 2 heterocycles. The van der Waals surface area contributed by atoms with E-state index in [2.05, 4.69) is 16.0 Å². The summed E-state index contributed by atoms with van der Waals surface area (Å²) in [4.78, 5) is 19.6. The monoisotopic (exact) mass is 294 g/mol. The average Bonchev–Trinajstić information content (AvgIpc) is 2.92. The molecule has 0 fully saturated rings. The van der Waals surface area contributed by atoms with Gasteiger partial charge in [0.2, 0.25) is 0 Å². The minimum absolute atomic E-state index is 0.122. The first-order chi connectivity index (χ1) is 10.7. The summed E-state index contributed by atoms with van der Waals surface area (Å²) >= 11 is 0. The second kappa shape index (κ2) is 4.59. The fourth-order valence-electron chi connectivity index (χ4n) is 3.10. The second-order valence-corrected chi connectivity index (χ2v) is 5.26. The van der Waals surface area contributed by atoms with Crippen molar-refractivity contribution >= 4 is 12.2 Å². The van der Waals surface area contributed by atoms with Crippen LogP contribution in [-0.4, -0.2) is 24.2 Å². The number of pyridine rings is 2. The Kier molecular flexibility index (Phi) is 2.69. The maximum Gasteiger partial charge on any atom is 0.256 e. The Bertz CT molecular complexity index is 1090. The fourth-order valence-corrected chi connectivity index (χ4v) is 3.10. The summed E-state index contributed by atoms with van der Waals surface area (Å²) in [7, 11) is 3.19. The first-order valence-corrected chi connectivity index (χ1v) is 6.97. The third-order valence-corrected chi connectivity index (χ3v) is 4.18. The Hall–Kier alpha value is -2.82. The maximum atomic E-state index is 12.4. The van der Waals surface area contributed by atoms with E-state index in [1.54, 1.807) is 32.7 Å². The van der Waals surface area contributed by atoms with Crippen LogP contribution in [0.5, 0.6) is 0 Å². The molecule has 1 N–H and O–H groups in total. The predicted molar refractivity (Wildman–Crippen MR) is 81.0 cm³/mol. The minimum Gasteiger partial charge on any atom is -0.497 e. The van der Waals surface area contributed by atoms with Crippen molar-refractivity contribution in [1.82, 2.24) is 9.97 Å². The van der Waals surface area contributed by atoms with Crippen molar-refractivity contribution in [1.29, 1.82) is 0 Å². The molecule has 5 nitrogen and oxygen atoms in total. The van der Waals surface area contributed by atoms with Crippen molar-refractivity contribution in [2.24, 2.45) is 0 Å². The van der Waals surface area contributed by atoms with Crippen LogP contribution < -0.4 is 16.0 Å². The van der Waals surface area contributed by atoms with Gasteiger partial charge in [0.15, 0.2) is 5.76 Å². The maximum absolute atomic E-state index is 12.4. The van der Waals surface area contributed by atoms with E-state index in [4.69, 9.17) is 9.47 Å². The predicted octanol–water partition coefficient (Wildman–Crippen LogP) is 0.0401. The number of aromatic nitrogens is 2. The summed E-state index contributed by atoms with van der Waals surface area (Å²) in [5, 5.41) is 3.48. The van der Waals surface area contributed by atoms with Crippen LogP contribution in [0.3, 0.4) is 0 Å². The molecule has 0 bridgehead atoms. The zero-order valence-electron chi connectivity index (χ0n) is 12.3. The van der Waals surface area contributed by atoms with Crippen LogP contribution in [0.25, 0.3) is 12.2 Å². The van der Waals surface area contributed by atoms with Gasteiger partial charge in [-0.1, -0.05) is 0 Å². The topological polar surface area (TPSA) is 64.2 Å². The van der Waals surface area contributed by atoms with Crippen LogP contribution in [0, 0.1) is 10.6 Å². The van der Waals surface area contributed by atoms with Gasteiger partial charge in [-0.2, -0.15) is 0 Å². The Balaban J connectivity index is 2.15. The number of H-pyrrole nitrogens is 1. The molecule has 0 atom stereocenters. The molecule has 2 aromatic heterocycles. The van der Waals surface area contributed by atoms with Crippen molar-refractivity contribution in [3.8, 4) is 0 Å². The molecule has 0 saturated heterocycles. The third kappa shape index (κ3) is 1.65. The number of ether oxygens (including phenoxy) is 2. The summed E-state index contributed by atoms with van der Waals surface area (Å²) < 4.78 is 10.7. The highest BCUT2D eigenvalue weighted by Crippen LogP contribution is 2.20. The summed E-state index contributed by atoms with van der Waals surface area (Å²) in [6.07, 6.45) is 7.89. The highest BCUT2D eigenvalue weighted by molar-refractivity contribution is 5.62. The number of aromatic amines is 1. The number of rotatable bonds is 2. The number of hydrogen-bond acceptors (Lipinski definition) is 4. The van der Waals surface area contributed by atoms with Gasteiger partial charge >= 0.3 is 0 Å². The Labute approximate surface area is 125 Å². The molecule has 0 radical (unpaired) electrons. The minimum atomic E-state index is -0.122. The van der Waals surface area contributed by atoms with Gasteiger partial charge in [-0.05, 0) is 29.0 Å². The molecule has 2 aromatic rings. The highest BCUT2D eigenvalue weighted by Gasteiger charge is 2.20. The van der Waals surface area contributed by atoms with Crippen LogP contribution in [-0.2, 0) is 15.9 Å². The van der Waals surface area contributed by atoms with E-state index in [1.807, 2.05) is 6.07 Å². The van der Waals surface area contributed by atoms with Gasteiger partial charge < -0.3 is 14.5 Å².